The molecule has 292 valence electrons. The van der Waals surface area contributed by atoms with E-state index in [1.54, 1.807) is 0 Å². The highest BCUT2D eigenvalue weighted by atomic mass is 16.4. The minimum atomic E-state index is -0.768. The molecule has 4 aromatic carbocycles. The first-order chi connectivity index (χ1) is 26.4. The Bertz CT molecular complexity index is 1590. The Morgan fingerprint density at radius 3 is 1.04 bits per heavy atom. The van der Waals surface area contributed by atoms with Crippen LogP contribution in [0.25, 0.3) is 22.3 Å². The molecular weight excluding hydrogens is 665 g/mol. The van der Waals surface area contributed by atoms with Crippen LogP contribution in [0.1, 0.15) is 152 Å². The molecule has 0 amide bonds. The van der Waals surface area contributed by atoms with E-state index in [0.29, 0.717) is 0 Å². The first-order valence-corrected chi connectivity index (χ1v) is 21.2. The maximum atomic E-state index is 11.1. The Labute approximate surface area is 327 Å². The van der Waals surface area contributed by atoms with E-state index in [0.717, 1.165) is 24.0 Å². The van der Waals surface area contributed by atoms with Gasteiger partial charge in [0.1, 0.15) is 0 Å². The van der Waals surface area contributed by atoms with Gasteiger partial charge in [-0.25, -0.2) is 0 Å². The molecule has 0 fully saturated rings. The van der Waals surface area contributed by atoms with Gasteiger partial charge in [0.05, 0.1) is 12.8 Å². The highest BCUT2D eigenvalue weighted by Crippen LogP contribution is 2.28. The zero-order valence-electron chi connectivity index (χ0n) is 33.5. The number of carboxylic acids is 2. The Kier molecular flexibility index (Phi) is 22.4. The highest BCUT2D eigenvalue weighted by molar-refractivity contribution is 5.73. The molecule has 0 atom stereocenters. The fourth-order valence-electron chi connectivity index (χ4n) is 7.33. The molecule has 0 saturated heterocycles. The lowest BCUT2D eigenvalue weighted by atomic mass is 9.93. The Morgan fingerprint density at radius 1 is 0.407 bits per heavy atom. The molecular formula is C50H68O4. The molecule has 0 aliphatic rings. The van der Waals surface area contributed by atoms with E-state index in [-0.39, 0.29) is 12.8 Å². The molecule has 0 unspecified atom stereocenters. The zero-order chi connectivity index (χ0) is 38.6. The Hall–Kier alpha value is -4.18. The van der Waals surface area contributed by atoms with E-state index < -0.39 is 11.9 Å². The summed E-state index contributed by atoms with van der Waals surface area (Å²) in [5.74, 6) is -1.53. The van der Waals surface area contributed by atoms with Crippen LogP contribution in [0.15, 0.2) is 97.1 Å². The van der Waals surface area contributed by atoms with Gasteiger partial charge in [-0.1, -0.05) is 214 Å². The van der Waals surface area contributed by atoms with Crippen molar-refractivity contribution in [1.82, 2.24) is 0 Å². The van der Waals surface area contributed by atoms with Crippen LogP contribution in [0.2, 0.25) is 0 Å². The average molecular weight is 733 g/mol. The summed E-state index contributed by atoms with van der Waals surface area (Å²) in [6.07, 6.45) is 26.0. The monoisotopic (exact) mass is 733 g/mol. The van der Waals surface area contributed by atoms with Crippen molar-refractivity contribution in [3.63, 3.8) is 0 Å². The molecule has 4 rings (SSSR count). The Morgan fingerprint density at radius 2 is 0.722 bits per heavy atom. The molecule has 2 N–H and O–H groups in total. The molecule has 4 heteroatoms. The predicted molar refractivity (Wildman–Crippen MR) is 228 cm³/mol. The number of carbonyl (C=O) groups is 2. The third-order valence-corrected chi connectivity index (χ3v) is 10.3. The molecule has 0 aliphatic carbocycles. The summed E-state index contributed by atoms with van der Waals surface area (Å²) >= 11 is 0. The van der Waals surface area contributed by atoms with E-state index in [1.807, 2.05) is 24.3 Å². The lowest BCUT2D eigenvalue weighted by Gasteiger charge is -2.12. The molecule has 0 heterocycles. The van der Waals surface area contributed by atoms with Gasteiger partial charge in [-0.05, 0) is 70.2 Å². The Balaban J connectivity index is 0.000000291. The second-order valence-electron chi connectivity index (χ2n) is 15.0. The van der Waals surface area contributed by atoms with Crippen molar-refractivity contribution in [2.75, 3.05) is 0 Å². The molecule has 0 saturated carbocycles. The van der Waals surface area contributed by atoms with Gasteiger partial charge in [-0.15, -0.1) is 0 Å². The van der Waals surface area contributed by atoms with E-state index in [9.17, 15) is 9.59 Å². The van der Waals surface area contributed by atoms with Gasteiger partial charge in [-0.3, -0.25) is 9.59 Å². The van der Waals surface area contributed by atoms with Crippen LogP contribution in [0.4, 0.5) is 0 Å². The zero-order valence-corrected chi connectivity index (χ0v) is 33.5. The van der Waals surface area contributed by atoms with Gasteiger partial charge in [0.2, 0.25) is 0 Å². The normalized spacial score (nSPS) is 10.9. The van der Waals surface area contributed by atoms with E-state index in [1.165, 1.54) is 149 Å². The van der Waals surface area contributed by atoms with Crippen LogP contribution in [-0.4, -0.2) is 22.2 Å². The van der Waals surface area contributed by atoms with Gasteiger partial charge < -0.3 is 10.2 Å². The first-order valence-electron chi connectivity index (χ1n) is 21.2. The van der Waals surface area contributed by atoms with Crippen LogP contribution in [0.3, 0.4) is 0 Å². The fourth-order valence-corrected chi connectivity index (χ4v) is 7.33. The standard InChI is InChI=1S/C26H36O2.C24H32O2/c1-2-3-4-5-6-7-8-9-10-12-17-24-20-22(21-26(27)28)18-19-25(24)23-15-13-11-14-16-23;1-2-3-4-5-6-7-8-10-15-22-18-20(19-24(25)26)16-17-23(22)21-13-11-9-12-14-21/h11,13-16,18-20H,2-10,12,17,21H2,1H3,(H,27,28);9,11-14,16-18H,2-8,10,15,19H2,1H3,(H,25,26). The van der Waals surface area contributed by atoms with Gasteiger partial charge in [0, 0.05) is 0 Å². The van der Waals surface area contributed by atoms with Crippen molar-refractivity contribution in [1.29, 1.82) is 0 Å². The van der Waals surface area contributed by atoms with Gasteiger partial charge in [0.15, 0.2) is 0 Å². The smallest absolute Gasteiger partial charge is 0.307 e. The maximum absolute atomic E-state index is 11.1. The summed E-state index contributed by atoms with van der Waals surface area (Å²) in [6, 6.07) is 33.1. The molecule has 54 heavy (non-hydrogen) atoms. The largest absolute Gasteiger partial charge is 0.481 e. The number of aliphatic carboxylic acids is 2. The minimum absolute atomic E-state index is 0.0967. The number of hydrogen-bond donors (Lipinski definition) is 2. The molecule has 0 spiro atoms. The van der Waals surface area contributed by atoms with Crippen molar-refractivity contribution in [2.24, 2.45) is 0 Å². The summed E-state index contributed by atoms with van der Waals surface area (Å²) < 4.78 is 0. The quantitative estimate of drug-likeness (QED) is 0.0630. The van der Waals surface area contributed by atoms with Crippen LogP contribution in [-0.2, 0) is 35.3 Å². The van der Waals surface area contributed by atoms with Crippen molar-refractivity contribution in [3.05, 3.63) is 119 Å². The highest BCUT2D eigenvalue weighted by Gasteiger charge is 2.10. The van der Waals surface area contributed by atoms with Crippen LogP contribution >= 0.6 is 0 Å². The van der Waals surface area contributed by atoms with Crippen LogP contribution in [0, 0.1) is 0 Å². The number of rotatable bonds is 26. The van der Waals surface area contributed by atoms with E-state index in [4.69, 9.17) is 10.2 Å². The van der Waals surface area contributed by atoms with Gasteiger partial charge >= 0.3 is 11.9 Å². The predicted octanol–water partition coefficient (Wildman–Crippen LogP) is 14.1. The average Bonchev–Trinajstić information content (AvgIpc) is 3.17. The SMILES string of the molecule is CCCCCCCCCCCCc1cc(CC(=O)O)ccc1-c1ccccc1.CCCCCCCCCCc1cc(CC(=O)O)ccc1-c1ccccc1. The second-order valence-corrected chi connectivity index (χ2v) is 15.0. The molecule has 0 radical (unpaired) electrons. The fraction of sp³-hybridized carbons (Fsp3) is 0.480. The number of aryl methyl sites for hydroxylation is 2. The molecule has 0 bridgehead atoms. The van der Waals surface area contributed by atoms with Crippen LogP contribution in [0.5, 0.6) is 0 Å². The summed E-state index contributed by atoms with van der Waals surface area (Å²) in [7, 11) is 0. The topological polar surface area (TPSA) is 74.6 Å². The second kappa shape index (κ2) is 27.4. The number of unbranched alkanes of at least 4 members (excludes halogenated alkanes) is 16. The lowest BCUT2D eigenvalue weighted by Crippen LogP contribution is -2.01. The van der Waals surface area contributed by atoms with Crippen molar-refractivity contribution in [3.8, 4) is 22.3 Å². The molecule has 0 aliphatic heterocycles. The van der Waals surface area contributed by atoms with Gasteiger partial charge in [0.25, 0.3) is 0 Å². The number of carboxylic acid groups (broad SMARTS) is 2. The maximum Gasteiger partial charge on any atom is 0.307 e. The first kappa shape index (κ1) is 44.2. The number of benzene rings is 4. The lowest BCUT2D eigenvalue weighted by molar-refractivity contribution is -0.137. The van der Waals surface area contributed by atoms with E-state index >= 15 is 0 Å². The summed E-state index contributed by atoms with van der Waals surface area (Å²) in [4.78, 5) is 22.1. The molecule has 4 nitrogen and oxygen atoms in total. The number of hydrogen-bond acceptors (Lipinski definition) is 2. The third kappa shape index (κ3) is 18.2. The van der Waals surface area contributed by atoms with Crippen molar-refractivity contribution >= 4 is 11.9 Å². The van der Waals surface area contributed by atoms with Crippen molar-refractivity contribution < 1.29 is 19.8 Å². The minimum Gasteiger partial charge on any atom is -0.481 e. The molecule has 0 aromatic heterocycles. The summed E-state index contributed by atoms with van der Waals surface area (Å²) in [5.41, 5.74) is 9.26. The summed E-state index contributed by atoms with van der Waals surface area (Å²) in [5, 5.41) is 18.2. The van der Waals surface area contributed by atoms with Crippen molar-refractivity contribution in [2.45, 2.75) is 155 Å². The molecule has 4 aromatic rings. The summed E-state index contributed by atoms with van der Waals surface area (Å²) in [6.45, 7) is 4.52. The van der Waals surface area contributed by atoms with Crippen LogP contribution < -0.4 is 0 Å². The van der Waals surface area contributed by atoms with Gasteiger partial charge in [-0.2, -0.15) is 0 Å². The van der Waals surface area contributed by atoms with E-state index in [2.05, 4.69) is 86.6 Å². The third-order valence-electron chi connectivity index (χ3n) is 10.3.